The molecule has 0 fully saturated rings. The lowest BCUT2D eigenvalue weighted by Gasteiger charge is -2.28. The lowest BCUT2D eigenvalue weighted by atomic mass is 9.94. The zero-order chi connectivity index (χ0) is 12.5. The second-order valence-corrected chi connectivity index (χ2v) is 6.08. The highest BCUT2D eigenvalue weighted by Crippen LogP contribution is 2.25. The number of aryl methyl sites for hydroxylation is 1. The molecule has 0 aromatic heterocycles. The van der Waals surface area contributed by atoms with Gasteiger partial charge in [-0.15, -0.1) is 0 Å². The maximum absolute atomic E-state index is 12.5. The molecule has 0 N–H and O–H groups in total. The number of carbonyl (C=O) groups is 1. The third-order valence-corrected chi connectivity index (χ3v) is 3.42. The Morgan fingerprint density at radius 1 is 1.24 bits per heavy atom. The van der Waals surface area contributed by atoms with E-state index < -0.39 is 0 Å². The number of ketones is 1. The van der Waals surface area contributed by atoms with Crippen molar-refractivity contribution in [3.05, 3.63) is 35.4 Å². The molecule has 0 saturated carbocycles. The van der Waals surface area contributed by atoms with Gasteiger partial charge in [-0.2, -0.15) is 0 Å². The molecule has 1 atom stereocenters. The molecule has 2 heteroatoms. The molecule has 0 aliphatic heterocycles. The number of carbonyl (C=O) groups excluding carboxylic acids is 1. The summed E-state index contributed by atoms with van der Waals surface area (Å²) >= 11 is 0. The second-order valence-electron chi connectivity index (χ2n) is 6.08. The summed E-state index contributed by atoms with van der Waals surface area (Å²) < 4.78 is 0.860. The Kier molecular flexibility index (Phi) is 3.34. The SMILES string of the molecule is C[N+](C)(C)C[C@@H]1CCCc2ccccc2C1=O. The summed E-state index contributed by atoms with van der Waals surface area (Å²) in [6.45, 7) is 0.938. The molecule has 1 aliphatic carbocycles. The smallest absolute Gasteiger partial charge is 0.171 e. The quantitative estimate of drug-likeness (QED) is 0.565. The molecule has 2 rings (SSSR count). The Morgan fingerprint density at radius 3 is 2.65 bits per heavy atom. The van der Waals surface area contributed by atoms with Crippen LogP contribution in [0.4, 0.5) is 0 Å². The van der Waals surface area contributed by atoms with E-state index in [0.717, 1.165) is 35.9 Å². The van der Waals surface area contributed by atoms with E-state index in [1.165, 1.54) is 5.56 Å². The van der Waals surface area contributed by atoms with Crippen molar-refractivity contribution < 1.29 is 9.28 Å². The summed E-state index contributed by atoms with van der Waals surface area (Å²) in [4.78, 5) is 12.5. The summed E-state index contributed by atoms with van der Waals surface area (Å²) in [5.74, 6) is 0.546. The minimum absolute atomic E-state index is 0.193. The number of hydrogen-bond donors (Lipinski definition) is 0. The Bertz CT molecular complexity index is 417. The maximum atomic E-state index is 12.5. The first kappa shape index (κ1) is 12.3. The zero-order valence-electron chi connectivity index (χ0n) is 11.1. The van der Waals surface area contributed by atoms with E-state index in [1.54, 1.807) is 0 Å². The fraction of sp³-hybridized carbons (Fsp3) is 0.533. The van der Waals surface area contributed by atoms with E-state index in [9.17, 15) is 4.79 Å². The number of nitrogens with zero attached hydrogens (tertiary/aromatic N) is 1. The van der Waals surface area contributed by atoms with Crippen LogP contribution in [0, 0.1) is 5.92 Å². The number of hydrogen-bond acceptors (Lipinski definition) is 1. The molecular formula is C15H22NO+. The molecule has 17 heavy (non-hydrogen) atoms. The van der Waals surface area contributed by atoms with Gasteiger partial charge in [0.15, 0.2) is 5.78 Å². The van der Waals surface area contributed by atoms with Crippen LogP contribution >= 0.6 is 0 Å². The highest BCUT2D eigenvalue weighted by Gasteiger charge is 2.29. The van der Waals surface area contributed by atoms with Crippen LogP contribution in [0.15, 0.2) is 24.3 Å². The van der Waals surface area contributed by atoms with Gasteiger partial charge in [-0.3, -0.25) is 4.79 Å². The van der Waals surface area contributed by atoms with Gasteiger partial charge >= 0.3 is 0 Å². The highest BCUT2D eigenvalue weighted by atomic mass is 16.1. The molecule has 0 heterocycles. The molecule has 0 radical (unpaired) electrons. The maximum Gasteiger partial charge on any atom is 0.171 e. The number of fused-ring (bicyclic) bond motifs is 1. The molecule has 1 aromatic rings. The van der Waals surface area contributed by atoms with Gasteiger partial charge in [0.25, 0.3) is 0 Å². The van der Waals surface area contributed by atoms with Crippen molar-refractivity contribution in [2.45, 2.75) is 19.3 Å². The highest BCUT2D eigenvalue weighted by molar-refractivity contribution is 5.99. The monoisotopic (exact) mass is 232 g/mol. The number of benzene rings is 1. The molecule has 1 aromatic carbocycles. The van der Waals surface area contributed by atoms with Crippen LogP contribution in [-0.2, 0) is 6.42 Å². The lowest BCUT2D eigenvalue weighted by molar-refractivity contribution is -0.872. The third kappa shape index (κ3) is 2.95. The van der Waals surface area contributed by atoms with Crippen molar-refractivity contribution in [1.29, 1.82) is 0 Å². The molecule has 0 saturated heterocycles. The van der Waals surface area contributed by atoms with Crippen molar-refractivity contribution in [3.63, 3.8) is 0 Å². The van der Waals surface area contributed by atoms with Crippen molar-refractivity contribution in [2.75, 3.05) is 27.7 Å². The van der Waals surface area contributed by atoms with Crippen LogP contribution in [0.5, 0.6) is 0 Å². The molecule has 1 aliphatic rings. The number of rotatable bonds is 2. The van der Waals surface area contributed by atoms with Crippen LogP contribution in [0.3, 0.4) is 0 Å². The van der Waals surface area contributed by atoms with E-state index in [2.05, 4.69) is 27.2 Å². The van der Waals surface area contributed by atoms with Gasteiger partial charge in [0.1, 0.15) is 0 Å². The number of quaternary nitrogens is 1. The van der Waals surface area contributed by atoms with Crippen LogP contribution in [0.2, 0.25) is 0 Å². The minimum atomic E-state index is 0.193. The van der Waals surface area contributed by atoms with E-state index in [4.69, 9.17) is 0 Å². The van der Waals surface area contributed by atoms with E-state index in [-0.39, 0.29) is 5.92 Å². The van der Waals surface area contributed by atoms with Crippen molar-refractivity contribution in [1.82, 2.24) is 0 Å². The van der Waals surface area contributed by atoms with Gasteiger partial charge in [-0.1, -0.05) is 24.3 Å². The second kappa shape index (κ2) is 4.61. The molecule has 2 nitrogen and oxygen atoms in total. The molecular weight excluding hydrogens is 210 g/mol. The first-order valence-corrected chi connectivity index (χ1v) is 6.40. The van der Waals surface area contributed by atoms with Crippen LogP contribution < -0.4 is 0 Å². The van der Waals surface area contributed by atoms with Gasteiger partial charge in [0.2, 0.25) is 0 Å². The van der Waals surface area contributed by atoms with Crippen molar-refractivity contribution in [3.8, 4) is 0 Å². The summed E-state index contributed by atoms with van der Waals surface area (Å²) in [5, 5.41) is 0. The van der Waals surface area contributed by atoms with Crippen molar-refractivity contribution >= 4 is 5.78 Å². The lowest BCUT2D eigenvalue weighted by Crippen LogP contribution is -2.41. The summed E-state index contributed by atoms with van der Waals surface area (Å²) in [6, 6.07) is 8.10. The van der Waals surface area contributed by atoms with Gasteiger partial charge in [0.05, 0.1) is 33.6 Å². The predicted molar refractivity (Wildman–Crippen MR) is 70.1 cm³/mol. The van der Waals surface area contributed by atoms with Gasteiger partial charge in [0, 0.05) is 5.56 Å². The Morgan fingerprint density at radius 2 is 1.94 bits per heavy atom. The standard InChI is InChI=1S/C15H22NO/c1-16(2,3)11-13-9-6-8-12-7-4-5-10-14(12)15(13)17/h4-5,7,10,13H,6,8-9,11H2,1-3H3/q+1/t13-/m0/s1. The fourth-order valence-corrected chi connectivity index (χ4v) is 2.70. The van der Waals surface area contributed by atoms with Crippen molar-refractivity contribution in [2.24, 2.45) is 5.92 Å². The average Bonchev–Trinajstić information content (AvgIpc) is 2.39. The predicted octanol–water partition coefficient (Wildman–Crippen LogP) is 2.53. The molecule has 0 spiro atoms. The number of Topliss-reactive ketones (excluding diaryl/α,β-unsaturated/α-hetero) is 1. The Hall–Kier alpha value is -1.15. The topological polar surface area (TPSA) is 17.1 Å². The Balaban J connectivity index is 2.26. The normalized spacial score (nSPS) is 20.9. The summed E-state index contributed by atoms with van der Waals surface area (Å²) in [6.07, 6.45) is 3.21. The van der Waals surface area contributed by atoms with Crippen LogP contribution in [-0.4, -0.2) is 38.0 Å². The van der Waals surface area contributed by atoms with Crippen LogP contribution in [0.1, 0.15) is 28.8 Å². The van der Waals surface area contributed by atoms with Gasteiger partial charge in [-0.25, -0.2) is 0 Å². The molecule has 0 amide bonds. The summed E-state index contributed by atoms with van der Waals surface area (Å²) in [5.41, 5.74) is 2.20. The summed E-state index contributed by atoms with van der Waals surface area (Å²) in [7, 11) is 6.47. The molecule has 0 bridgehead atoms. The minimum Gasteiger partial charge on any atom is -0.330 e. The Labute approximate surface area is 104 Å². The first-order valence-electron chi connectivity index (χ1n) is 6.40. The van der Waals surface area contributed by atoms with Crippen LogP contribution in [0.25, 0.3) is 0 Å². The van der Waals surface area contributed by atoms with E-state index in [0.29, 0.717) is 5.78 Å². The molecule has 0 unspecified atom stereocenters. The zero-order valence-corrected chi connectivity index (χ0v) is 11.1. The van der Waals surface area contributed by atoms with Gasteiger partial charge < -0.3 is 4.48 Å². The third-order valence-electron chi connectivity index (χ3n) is 3.42. The first-order chi connectivity index (χ1) is 7.97. The molecule has 92 valence electrons. The van der Waals surface area contributed by atoms with E-state index >= 15 is 0 Å². The van der Waals surface area contributed by atoms with Gasteiger partial charge in [-0.05, 0) is 24.8 Å². The van der Waals surface area contributed by atoms with E-state index in [1.807, 2.05) is 18.2 Å². The average molecular weight is 232 g/mol. The largest absolute Gasteiger partial charge is 0.330 e. The fourth-order valence-electron chi connectivity index (χ4n) is 2.70.